The number of ether oxygens (including phenoxy) is 2. The van der Waals surface area contributed by atoms with Gasteiger partial charge in [0, 0.05) is 13.1 Å². The van der Waals surface area contributed by atoms with Gasteiger partial charge >= 0.3 is 0 Å². The average molecular weight is 283 g/mol. The second-order valence-electron chi connectivity index (χ2n) is 4.95. The highest BCUT2D eigenvalue weighted by Crippen LogP contribution is 2.09. The summed E-state index contributed by atoms with van der Waals surface area (Å²) < 4.78 is 10.6. The van der Waals surface area contributed by atoms with Gasteiger partial charge in [-0.2, -0.15) is 0 Å². The summed E-state index contributed by atoms with van der Waals surface area (Å²) in [6, 6.07) is 6.97. The number of benzene rings is 1. The summed E-state index contributed by atoms with van der Waals surface area (Å²) >= 11 is 0. The average Bonchev–Trinajstić information content (AvgIpc) is 2.40. The molecule has 5 heteroatoms. The molecule has 1 rings (SSSR count). The summed E-state index contributed by atoms with van der Waals surface area (Å²) in [5, 5.41) is 22.0. The first-order chi connectivity index (χ1) is 9.58. The van der Waals surface area contributed by atoms with Gasteiger partial charge in [0.25, 0.3) is 0 Å². The fraction of sp³-hybridized carbons (Fsp3) is 0.600. The van der Waals surface area contributed by atoms with Crippen LogP contribution in [-0.2, 0) is 16.0 Å². The van der Waals surface area contributed by atoms with Crippen molar-refractivity contribution in [2.75, 3.05) is 26.4 Å². The summed E-state index contributed by atoms with van der Waals surface area (Å²) in [5.41, 5.74) is 1.06. The van der Waals surface area contributed by atoms with E-state index in [2.05, 4.69) is 5.32 Å². The van der Waals surface area contributed by atoms with Crippen molar-refractivity contribution in [1.82, 2.24) is 5.32 Å². The predicted molar refractivity (Wildman–Crippen MR) is 77.7 cm³/mol. The molecule has 0 spiro atoms. The minimum Gasteiger partial charge on any atom is -0.508 e. The summed E-state index contributed by atoms with van der Waals surface area (Å²) in [6.45, 7) is 6.40. The van der Waals surface area contributed by atoms with E-state index in [1.54, 1.807) is 12.1 Å². The molecule has 0 bridgehead atoms. The molecule has 0 aliphatic rings. The van der Waals surface area contributed by atoms with E-state index < -0.39 is 6.10 Å². The van der Waals surface area contributed by atoms with E-state index in [0.717, 1.165) is 5.56 Å². The number of rotatable bonds is 10. The van der Waals surface area contributed by atoms with Gasteiger partial charge in [-0.05, 0) is 31.5 Å². The number of phenolic OH excluding ortho intramolecular Hbond substituents is 1. The van der Waals surface area contributed by atoms with Crippen LogP contribution in [0.5, 0.6) is 5.75 Å². The Balaban J connectivity index is 2.02. The molecule has 0 aliphatic heterocycles. The van der Waals surface area contributed by atoms with Crippen molar-refractivity contribution in [3.63, 3.8) is 0 Å². The SMILES string of the molecule is CC(C)OCCOCC(O)CNCc1ccc(O)cc1. The fourth-order valence-electron chi connectivity index (χ4n) is 1.62. The molecule has 5 nitrogen and oxygen atoms in total. The molecule has 3 N–H and O–H groups in total. The highest BCUT2D eigenvalue weighted by atomic mass is 16.5. The van der Waals surface area contributed by atoms with Crippen molar-refractivity contribution in [2.45, 2.75) is 32.6 Å². The largest absolute Gasteiger partial charge is 0.508 e. The molecule has 0 fully saturated rings. The molecular weight excluding hydrogens is 258 g/mol. The van der Waals surface area contributed by atoms with Crippen molar-refractivity contribution in [3.8, 4) is 5.75 Å². The summed E-state index contributed by atoms with van der Waals surface area (Å²) in [4.78, 5) is 0. The van der Waals surface area contributed by atoms with Gasteiger partial charge in [-0.3, -0.25) is 0 Å². The number of nitrogens with one attached hydrogen (secondary N) is 1. The molecule has 0 aromatic heterocycles. The van der Waals surface area contributed by atoms with Gasteiger partial charge in [-0.1, -0.05) is 12.1 Å². The van der Waals surface area contributed by atoms with E-state index in [9.17, 15) is 5.11 Å². The maximum absolute atomic E-state index is 9.71. The Labute approximate surface area is 120 Å². The molecule has 0 radical (unpaired) electrons. The molecule has 114 valence electrons. The van der Waals surface area contributed by atoms with Crippen LogP contribution in [0, 0.1) is 0 Å². The Morgan fingerprint density at radius 1 is 1.15 bits per heavy atom. The highest BCUT2D eigenvalue weighted by molar-refractivity contribution is 5.25. The van der Waals surface area contributed by atoms with Crippen LogP contribution in [0.15, 0.2) is 24.3 Å². The van der Waals surface area contributed by atoms with Gasteiger partial charge < -0.3 is 25.0 Å². The van der Waals surface area contributed by atoms with Crippen molar-refractivity contribution >= 4 is 0 Å². The highest BCUT2D eigenvalue weighted by Gasteiger charge is 2.04. The maximum atomic E-state index is 9.71. The number of aromatic hydroxyl groups is 1. The topological polar surface area (TPSA) is 71.0 Å². The Hall–Kier alpha value is -1.14. The number of hydrogen-bond donors (Lipinski definition) is 3. The van der Waals surface area contributed by atoms with Gasteiger partial charge in [0.1, 0.15) is 5.75 Å². The minimum absolute atomic E-state index is 0.204. The summed E-state index contributed by atoms with van der Waals surface area (Å²) in [6.07, 6.45) is -0.332. The Kier molecular flexibility index (Phi) is 8.22. The number of aliphatic hydroxyl groups is 1. The van der Waals surface area contributed by atoms with Crippen LogP contribution >= 0.6 is 0 Å². The zero-order chi connectivity index (χ0) is 14.8. The third-order valence-corrected chi connectivity index (χ3v) is 2.63. The lowest BCUT2D eigenvalue weighted by molar-refractivity contribution is -0.0100. The van der Waals surface area contributed by atoms with Crippen molar-refractivity contribution in [2.24, 2.45) is 0 Å². The van der Waals surface area contributed by atoms with E-state index in [1.807, 2.05) is 26.0 Å². The Morgan fingerprint density at radius 2 is 1.85 bits per heavy atom. The van der Waals surface area contributed by atoms with Crippen LogP contribution in [-0.4, -0.2) is 48.8 Å². The van der Waals surface area contributed by atoms with Gasteiger partial charge in [0.05, 0.1) is 32.0 Å². The lowest BCUT2D eigenvalue weighted by atomic mass is 10.2. The van der Waals surface area contributed by atoms with Crippen LogP contribution in [0.2, 0.25) is 0 Å². The smallest absolute Gasteiger partial charge is 0.115 e. The quantitative estimate of drug-likeness (QED) is 0.564. The molecule has 1 aromatic carbocycles. The van der Waals surface area contributed by atoms with Crippen LogP contribution in [0.1, 0.15) is 19.4 Å². The van der Waals surface area contributed by atoms with Crippen molar-refractivity contribution in [1.29, 1.82) is 0 Å². The Morgan fingerprint density at radius 3 is 2.50 bits per heavy atom. The molecule has 20 heavy (non-hydrogen) atoms. The van der Waals surface area contributed by atoms with Crippen LogP contribution in [0.4, 0.5) is 0 Å². The van der Waals surface area contributed by atoms with Crippen molar-refractivity contribution in [3.05, 3.63) is 29.8 Å². The normalized spacial score (nSPS) is 12.8. The van der Waals surface area contributed by atoms with E-state index in [1.165, 1.54) is 0 Å². The molecule has 0 amide bonds. The standard InChI is InChI=1S/C15H25NO4/c1-12(2)20-8-7-19-11-15(18)10-16-9-13-3-5-14(17)6-4-13/h3-6,12,15-18H,7-11H2,1-2H3. The Bertz CT molecular complexity index is 353. The zero-order valence-corrected chi connectivity index (χ0v) is 12.2. The minimum atomic E-state index is -0.536. The molecule has 1 unspecified atom stereocenters. The third-order valence-electron chi connectivity index (χ3n) is 2.63. The van der Waals surface area contributed by atoms with Gasteiger partial charge in [0.15, 0.2) is 0 Å². The molecule has 0 saturated carbocycles. The van der Waals surface area contributed by atoms with Gasteiger partial charge in [-0.25, -0.2) is 0 Å². The monoisotopic (exact) mass is 283 g/mol. The molecule has 0 heterocycles. The first-order valence-corrected chi connectivity index (χ1v) is 6.94. The predicted octanol–water partition coefficient (Wildman–Crippen LogP) is 1.28. The first kappa shape index (κ1) is 16.9. The molecular formula is C15H25NO4. The van der Waals surface area contributed by atoms with E-state index >= 15 is 0 Å². The summed E-state index contributed by atoms with van der Waals surface area (Å²) in [5.74, 6) is 0.255. The number of hydrogen-bond acceptors (Lipinski definition) is 5. The number of phenols is 1. The van der Waals surface area contributed by atoms with Crippen LogP contribution in [0.3, 0.4) is 0 Å². The van der Waals surface area contributed by atoms with Crippen LogP contribution < -0.4 is 5.32 Å². The van der Waals surface area contributed by atoms with Crippen LogP contribution in [0.25, 0.3) is 0 Å². The van der Waals surface area contributed by atoms with E-state index in [4.69, 9.17) is 14.6 Å². The second-order valence-corrected chi connectivity index (χ2v) is 4.95. The number of aliphatic hydroxyl groups excluding tert-OH is 1. The molecule has 1 atom stereocenters. The van der Waals surface area contributed by atoms with Gasteiger partial charge in [0.2, 0.25) is 0 Å². The third kappa shape index (κ3) is 8.12. The second kappa shape index (κ2) is 9.72. The first-order valence-electron chi connectivity index (χ1n) is 6.94. The lowest BCUT2D eigenvalue weighted by Gasteiger charge is -2.13. The zero-order valence-electron chi connectivity index (χ0n) is 12.2. The molecule has 0 aliphatic carbocycles. The van der Waals surface area contributed by atoms with Gasteiger partial charge in [-0.15, -0.1) is 0 Å². The maximum Gasteiger partial charge on any atom is 0.115 e. The summed E-state index contributed by atoms with van der Waals surface area (Å²) in [7, 11) is 0. The van der Waals surface area contributed by atoms with E-state index in [-0.39, 0.29) is 11.9 Å². The van der Waals surface area contributed by atoms with E-state index in [0.29, 0.717) is 32.9 Å². The molecule has 0 saturated heterocycles. The molecule has 1 aromatic rings. The fourth-order valence-corrected chi connectivity index (χ4v) is 1.62. The van der Waals surface area contributed by atoms with Crippen molar-refractivity contribution < 1.29 is 19.7 Å². The lowest BCUT2D eigenvalue weighted by Crippen LogP contribution is -2.30.